The zero-order chi connectivity index (χ0) is 27.7. The second-order valence-electron chi connectivity index (χ2n) is 11.4. The molecule has 1 aromatic heterocycles. The number of rotatable bonds is 8. The fourth-order valence-corrected chi connectivity index (χ4v) is 4.99. The van der Waals surface area contributed by atoms with Crippen molar-refractivity contribution >= 4 is 57.8 Å². The molecule has 202 valence electrons. The van der Waals surface area contributed by atoms with E-state index in [0.717, 1.165) is 0 Å². The first-order valence-electron chi connectivity index (χ1n) is 12.1. The highest BCUT2D eigenvalue weighted by Gasteiger charge is 2.40. The molecular weight excluding hydrogens is 519 g/mol. The van der Waals surface area contributed by atoms with Crippen LogP contribution in [0.25, 0.3) is 10.9 Å². The summed E-state index contributed by atoms with van der Waals surface area (Å²) in [6.07, 6.45) is 0.900. The summed E-state index contributed by atoms with van der Waals surface area (Å²) in [6.45, 7) is 9.61. The fourth-order valence-electron chi connectivity index (χ4n) is 4.62. The number of nitrogens with one attached hydrogen (secondary N) is 4. The van der Waals surface area contributed by atoms with Gasteiger partial charge in [-0.2, -0.15) is 0 Å². The lowest BCUT2D eigenvalue weighted by Gasteiger charge is -2.28. The van der Waals surface area contributed by atoms with E-state index in [-0.39, 0.29) is 23.4 Å². The van der Waals surface area contributed by atoms with Gasteiger partial charge in [-0.15, -0.1) is 0 Å². The largest absolute Gasteiger partial charge is 0.467 e. The maximum Gasteiger partial charge on any atom is 0.328 e. The Morgan fingerprint density at radius 2 is 1.84 bits per heavy atom. The number of methoxy groups -OCH3 is 1. The third kappa shape index (κ3) is 7.17. The quantitative estimate of drug-likeness (QED) is 0.368. The van der Waals surface area contributed by atoms with E-state index >= 15 is 0 Å². The molecule has 11 heteroatoms. The molecule has 2 unspecified atom stereocenters. The van der Waals surface area contributed by atoms with Crippen molar-refractivity contribution in [1.82, 2.24) is 20.9 Å². The van der Waals surface area contributed by atoms with Gasteiger partial charge >= 0.3 is 5.97 Å². The highest BCUT2D eigenvalue weighted by molar-refractivity contribution is 6.45. The van der Waals surface area contributed by atoms with E-state index in [2.05, 4.69) is 20.9 Å². The number of hydrogen-bond donors (Lipinski definition) is 4. The number of halogens is 2. The Morgan fingerprint density at radius 3 is 2.41 bits per heavy atom. The second-order valence-corrected chi connectivity index (χ2v) is 12.2. The molecule has 1 fully saturated rings. The number of ether oxygens (including phenoxy) is 1. The Morgan fingerprint density at radius 1 is 1.16 bits per heavy atom. The fraction of sp³-hybridized carbons (Fsp3) is 0.538. The van der Waals surface area contributed by atoms with Gasteiger partial charge in [-0.25, -0.2) is 4.79 Å². The normalized spacial score (nSPS) is 18.7. The zero-order valence-corrected chi connectivity index (χ0v) is 23.4. The predicted molar refractivity (Wildman–Crippen MR) is 143 cm³/mol. The molecule has 2 heterocycles. The first kappa shape index (κ1) is 28.8. The molecule has 3 atom stereocenters. The smallest absolute Gasteiger partial charge is 0.328 e. The number of carbonyl (C=O) groups is 4. The molecule has 1 aliphatic heterocycles. The first-order chi connectivity index (χ1) is 17.1. The van der Waals surface area contributed by atoms with Gasteiger partial charge in [0.05, 0.1) is 22.7 Å². The van der Waals surface area contributed by atoms with Crippen molar-refractivity contribution in [3.63, 3.8) is 0 Å². The van der Waals surface area contributed by atoms with Crippen LogP contribution in [0.4, 0.5) is 0 Å². The molecule has 4 N–H and O–H groups in total. The minimum atomic E-state index is -1.05. The highest BCUT2D eigenvalue weighted by atomic mass is 35.5. The highest BCUT2D eigenvalue weighted by Crippen LogP contribution is 2.31. The van der Waals surface area contributed by atoms with Crippen LogP contribution >= 0.6 is 23.2 Å². The maximum atomic E-state index is 13.4. The molecule has 3 rings (SSSR count). The van der Waals surface area contributed by atoms with Crippen molar-refractivity contribution in [1.29, 1.82) is 0 Å². The summed E-state index contributed by atoms with van der Waals surface area (Å²) in [5.74, 6) is -2.36. The van der Waals surface area contributed by atoms with Crippen LogP contribution < -0.4 is 16.0 Å². The Hall–Kier alpha value is -2.78. The summed E-state index contributed by atoms with van der Waals surface area (Å²) in [6, 6.07) is 2.99. The van der Waals surface area contributed by atoms with Gasteiger partial charge in [0.2, 0.25) is 11.8 Å². The van der Waals surface area contributed by atoms with Crippen LogP contribution in [0, 0.1) is 11.3 Å². The number of fused-ring (bicyclic) bond motifs is 1. The Labute approximate surface area is 226 Å². The summed E-state index contributed by atoms with van der Waals surface area (Å²) >= 11 is 12.3. The van der Waals surface area contributed by atoms with E-state index in [1.807, 2.05) is 34.6 Å². The van der Waals surface area contributed by atoms with Gasteiger partial charge in [-0.05, 0) is 50.7 Å². The molecule has 9 nitrogen and oxygen atoms in total. The van der Waals surface area contributed by atoms with Gasteiger partial charge in [0.15, 0.2) is 0 Å². The molecule has 1 aromatic carbocycles. The third-order valence-corrected chi connectivity index (χ3v) is 7.09. The van der Waals surface area contributed by atoms with Crippen LogP contribution in [-0.2, 0) is 19.1 Å². The number of hydrogen-bond acceptors (Lipinski definition) is 5. The van der Waals surface area contributed by atoms with Crippen molar-refractivity contribution in [3.8, 4) is 0 Å². The van der Waals surface area contributed by atoms with Gasteiger partial charge < -0.3 is 25.7 Å². The number of carbonyl (C=O) groups excluding carboxylic acids is 4. The van der Waals surface area contributed by atoms with Crippen molar-refractivity contribution in [2.24, 2.45) is 11.3 Å². The summed E-state index contributed by atoms with van der Waals surface area (Å²) in [5.41, 5.74) is -0.00943. The molecule has 0 aliphatic carbocycles. The number of aromatic amines is 1. The lowest BCUT2D eigenvalue weighted by atomic mass is 9.87. The lowest BCUT2D eigenvalue weighted by molar-refractivity contribution is -0.146. The molecule has 1 aliphatic rings. The average Bonchev–Trinajstić information content (AvgIpc) is 3.34. The van der Waals surface area contributed by atoms with Crippen molar-refractivity contribution < 1.29 is 23.9 Å². The van der Waals surface area contributed by atoms with E-state index in [1.165, 1.54) is 7.11 Å². The van der Waals surface area contributed by atoms with Crippen LogP contribution in [0.5, 0.6) is 0 Å². The zero-order valence-electron chi connectivity index (χ0n) is 21.9. The molecule has 1 saturated heterocycles. The first-order valence-corrected chi connectivity index (χ1v) is 12.8. The minimum absolute atomic E-state index is 0.0884. The van der Waals surface area contributed by atoms with Crippen molar-refractivity contribution in [2.45, 2.75) is 71.5 Å². The minimum Gasteiger partial charge on any atom is -0.467 e. The van der Waals surface area contributed by atoms with Crippen molar-refractivity contribution in [3.05, 3.63) is 33.9 Å². The monoisotopic (exact) mass is 552 g/mol. The third-order valence-electron chi connectivity index (χ3n) is 6.28. The number of H-pyrrole nitrogens is 1. The molecule has 0 saturated carbocycles. The summed E-state index contributed by atoms with van der Waals surface area (Å²) in [7, 11) is 1.22. The van der Waals surface area contributed by atoms with E-state index in [1.54, 1.807) is 18.2 Å². The molecular formula is C26H34Cl2N4O5. The lowest BCUT2D eigenvalue weighted by Crippen LogP contribution is -2.53. The molecule has 0 spiro atoms. The maximum absolute atomic E-state index is 13.4. The predicted octanol–water partition coefficient (Wildman–Crippen LogP) is 3.97. The molecule has 0 radical (unpaired) electrons. The van der Waals surface area contributed by atoms with Crippen LogP contribution in [-0.4, -0.2) is 53.4 Å². The topological polar surface area (TPSA) is 129 Å². The van der Waals surface area contributed by atoms with Gasteiger partial charge in [-0.3, -0.25) is 14.4 Å². The van der Waals surface area contributed by atoms with Gasteiger partial charge in [0, 0.05) is 16.8 Å². The second kappa shape index (κ2) is 10.9. The van der Waals surface area contributed by atoms with Gasteiger partial charge in [0.1, 0.15) is 17.8 Å². The Bertz CT molecular complexity index is 1220. The number of amides is 3. The standard InChI is InChI=1S/C26H34Cl2N4O5/c1-25(2,3)12-18(31-22(34)16-9-13-7-8-15(27)19(28)20(13)29-16)23(35)30-17(24(36)37-6)10-14-11-26(4,5)32-21(14)33/h7-9,14,17-18,29H,10-12H2,1-6H3,(H,30,35)(H,31,34)(H,32,33)/t14-,17?,18?/m1/s1. The van der Waals surface area contributed by atoms with Crippen LogP contribution in [0.3, 0.4) is 0 Å². The van der Waals surface area contributed by atoms with Crippen LogP contribution in [0.2, 0.25) is 10.0 Å². The Balaban J connectivity index is 1.80. The number of esters is 1. The van der Waals surface area contributed by atoms with Gasteiger partial charge in [-0.1, -0.05) is 50.0 Å². The average molecular weight is 553 g/mol. The van der Waals surface area contributed by atoms with Crippen molar-refractivity contribution in [2.75, 3.05) is 7.11 Å². The molecule has 37 heavy (non-hydrogen) atoms. The summed E-state index contributed by atoms with van der Waals surface area (Å²) in [5, 5.41) is 9.71. The van der Waals surface area contributed by atoms with Gasteiger partial charge in [0.25, 0.3) is 5.91 Å². The molecule has 0 bridgehead atoms. The SMILES string of the molecule is COC(=O)C(C[C@@H]1CC(C)(C)NC1=O)NC(=O)C(CC(C)(C)C)NC(=O)c1cc2ccc(Cl)c(Cl)c2[nH]1. The molecule has 3 amide bonds. The Kier molecular flexibility index (Phi) is 8.49. The number of aromatic nitrogens is 1. The van der Waals surface area contributed by atoms with Crippen LogP contribution in [0.1, 0.15) is 64.4 Å². The van der Waals surface area contributed by atoms with Crippen LogP contribution in [0.15, 0.2) is 18.2 Å². The van der Waals surface area contributed by atoms with E-state index < -0.39 is 41.3 Å². The van der Waals surface area contributed by atoms with E-state index in [0.29, 0.717) is 33.8 Å². The molecule has 2 aromatic rings. The number of benzene rings is 1. The van der Waals surface area contributed by atoms with E-state index in [9.17, 15) is 19.2 Å². The summed E-state index contributed by atoms with van der Waals surface area (Å²) in [4.78, 5) is 54.4. The van der Waals surface area contributed by atoms with E-state index in [4.69, 9.17) is 27.9 Å². The summed E-state index contributed by atoms with van der Waals surface area (Å²) < 4.78 is 4.90.